The highest BCUT2D eigenvalue weighted by Gasteiger charge is 2.18. The number of unbranched alkanes of at least 4 members (excludes halogenated alkanes) is 2. The van der Waals surface area contributed by atoms with Crippen LogP contribution in [0.2, 0.25) is 0 Å². The molecule has 2 heterocycles. The Morgan fingerprint density at radius 2 is 1.79 bits per heavy atom. The normalized spacial score (nSPS) is 15.2. The SMILES string of the molecule is N#CCCCCN1CCN(c2ccnc(-c3ccccc3)n2)CC1. The summed E-state index contributed by atoms with van der Waals surface area (Å²) in [5, 5.41) is 8.59. The average Bonchev–Trinajstić information content (AvgIpc) is 2.67. The van der Waals surface area contributed by atoms with Crippen LogP contribution in [0, 0.1) is 11.3 Å². The van der Waals surface area contributed by atoms with Gasteiger partial charge in [-0.05, 0) is 25.5 Å². The molecule has 0 radical (unpaired) electrons. The van der Waals surface area contributed by atoms with Crippen LogP contribution in [0.1, 0.15) is 19.3 Å². The summed E-state index contributed by atoms with van der Waals surface area (Å²) >= 11 is 0. The van der Waals surface area contributed by atoms with E-state index in [1.54, 1.807) is 0 Å². The Morgan fingerprint density at radius 3 is 2.54 bits per heavy atom. The van der Waals surface area contributed by atoms with Crippen LogP contribution in [0.5, 0.6) is 0 Å². The lowest BCUT2D eigenvalue weighted by Gasteiger charge is -2.35. The highest BCUT2D eigenvalue weighted by molar-refractivity contribution is 5.57. The number of nitrogens with zero attached hydrogens (tertiary/aromatic N) is 5. The van der Waals surface area contributed by atoms with Crippen molar-refractivity contribution < 1.29 is 0 Å². The number of hydrogen-bond donors (Lipinski definition) is 0. The van der Waals surface area contributed by atoms with Gasteiger partial charge in [0.05, 0.1) is 6.07 Å². The maximum Gasteiger partial charge on any atom is 0.161 e. The van der Waals surface area contributed by atoms with Crippen LogP contribution in [-0.4, -0.2) is 47.6 Å². The fourth-order valence-corrected chi connectivity index (χ4v) is 2.99. The van der Waals surface area contributed by atoms with E-state index in [1.807, 2.05) is 42.6 Å². The van der Waals surface area contributed by atoms with Crippen molar-refractivity contribution in [1.29, 1.82) is 5.26 Å². The highest BCUT2D eigenvalue weighted by atomic mass is 15.3. The molecule has 5 heteroatoms. The molecule has 0 N–H and O–H groups in total. The van der Waals surface area contributed by atoms with Gasteiger partial charge >= 0.3 is 0 Å². The van der Waals surface area contributed by atoms with Gasteiger partial charge in [0.1, 0.15) is 5.82 Å². The predicted molar refractivity (Wildman–Crippen MR) is 95.6 cm³/mol. The van der Waals surface area contributed by atoms with Gasteiger partial charge in [-0.3, -0.25) is 4.90 Å². The second-order valence-corrected chi connectivity index (χ2v) is 6.05. The first-order chi connectivity index (χ1) is 11.9. The molecule has 0 atom stereocenters. The number of aromatic nitrogens is 2. The average molecular weight is 321 g/mol. The molecule has 1 aromatic heterocycles. The number of piperazine rings is 1. The minimum atomic E-state index is 0.670. The Morgan fingerprint density at radius 1 is 1.00 bits per heavy atom. The summed E-state index contributed by atoms with van der Waals surface area (Å²) in [6, 6.07) is 14.3. The van der Waals surface area contributed by atoms with Gasteiger partial charge in [0.2, 0.25) is 0 Å². The zero-order valence-electron chi connectivity index (χ0n) is 13.9. The van der Waals surface area contributed by atoms with Gasteiger partial charge in [0.25, 0.3) is 0 Å². The van der Waals surface area contributed by atoms with Crippen LogP contribution in [0.4, 0.5) is 5.82 Å². The minimum Gasteiger partial charge on any atom is -0.354 e. The Balaban J connectivity index is 1.56. The Hall–Kier alpha value is -2.45. The number of rotatable bonds is 6. The summed E-state index contributed by atoms with van der Waals surface area (Å²) in [6.45, 7) is 5.18. The van der Waals surface area contributed by atoms with Crippen LogP contribution in [-0.2, 0) is 0 Å². The largest absolute Gasteiger partial charge is 0.354 e. The standard InChI is InChI=1S/C19H23N5/c20-10-5-2-6-12-23-13-15-24(16-14-23)18-9-11-21-19(22-18)17-7-3-1-4-8-17/h1,3-4,7-9,11H,2,5-6,12-16H2. The molecule has 0 amide bonds. The Labute approximate surface area is 143 Å². The molecule has 3 rings (SSSR count). The number of hydrogen-bond acceptors (Lipinski definition) is 5. The zero-order chi connectivity index (χ0) is 16.6. The molecule has 0 saturated carbocycles. The second kappa shape index (κ2) is 8.42. The third-order valence-electron chi connectivity index (χ3n) is 4.38. The van der Waals surface area contributed by atoms with Crippen molar-refractivity contribution in [2.75, 3.05) is 37.6 Å². The molecule has 1 aliphatic heterocycles. The smallest absolute Gasteiger partial charge is 0.161 e. The molecule has 1 fully saturated rings. The molecule has 1 saturated heterocycles. The molecule has 1 aliphatic rings. The van der Waals surface area contributed by atoms with Crippen LogP contribution in [0.3, 0.4) is 0 Å². The fraction of sp³-hybridized carbons (Fsp3) is 0.421. The lowest BCUT2D eigenvalue weighted by atomic mass is 10.2. The van der Waals surface area contributed by atoms with E-state index < -0.39 is 0 Å². The maximum absolute atomic E-state index is 8.59. The molecule has 24 heavy (non-hydrogen) atoms. The topological polar surface area (TPSA) is 56.1 Å². The van der Waals surface area contributed by atoms with Crippen molar-refractivity contribution in [2.45, 2.75) is 19.3 Å². The van der Waals surface area contributed by atoms with E-state index in [0.717, 1.165) is 62.8 Å². The minimum absolute atomic E-state index is 0.670. The predicted octanol–water partition coefficient (Wildman–Crippen LogP) is 2.96. The highest BCUT2D eigenvalue weighted by Crippen LogP contribution is 2.19. The first-order valence-corrected chi connectivity index (χ1v) is 8.59. The summed E-state index contributed by atoms with van der Waals surface area (Å²) in [5.41, 5.74) is 1.05. The van der Waals surface area contributed by atoms with Crippen molar-refractivity contribution in [2.24, 2.45) is 0 Å². The van der Waals surface area contributed by atoms with Crippen molar-refractivity contribution in [3.8, 4) is 17.5 Å². The van der Waals surface area contributed by atoms with E-state index >= 15 is 0 Å². The summed E-state index contributed by atoms with van der Waals surface area (Å²) in [4.78, 5) is 14.0. The van der Waals surface area contributed by atoms with Gasteiger partial charge in [-0.15, -0.1) is 0 Å². The van der Waals surface area contributed by atoms with E-state index in [0.29, 0.717) is 6.42 Å². The van der Waals surface area contributed by atoms with Gasteiger partial charge in [0, 0.05) is 44.4 Å². The van der Waals surface area contributed by atoms with Crippen LogP contribution in [0.15, 0.2) is 42.6 Å². The number of anilines is 1. The summed E-state index contributed by atoms with van der Waals surface area (Å²) < 4.78 is 0. The van der Waals surface area contributed by atoms with Gasteiger partial charge in [-0.2, -0.15) is 5.26 Å². The van der Waals surface area contributed by atoms with E-state index in [9.17, 15) is 0 Å². The summed E-state index contributed by atoms with van der Waals surface area (Å²) in [6.07, 6.45) is 4.63. The molecular formula is C19H23N5. The molecule has 0 spiro atoms. The Kier molecular flexibility index (Phi) is 5.75. The van der Waals surface area contributed by atoms with Crippen LogP contribution < -0.4 is 4.90 Å². The lowest BCUT2D eigenvalue weighted by Crippen LogP contribution is -2.46. The molecule has 2 aromatic rings. The van der Waals surface area contributed by atoms with E-state index in [1.165, 1.54) is 0 Å². The molecule has 5 nitrogen and oxygen atoms in total. The number of nitriles is 1. The van der Waals surface area contributed by atoms with Crippen molar-refractivity contribution in [3.05, 3.63) is 42.6 Å². The molecule has 124 valence electrons. The monoisotopic (exact) mass is 321 g/mol. The molecule has 0 bridgehead atoms. The second-order valence-electron chi connectivity index (χ2n) is 6.05. The van der Waals surface area contributed by atoms with Crippen molar-refractivity contribution in [1.82, 2.24) is 14.9 Å². The van der Waals surface area contributed by atoms with Gasteiger partial charge in [-0.1, -0.05) is 30.3 Å². The van der Waals surface area contributed by atoms with E-state index in [4.69, 9.17) is 10.2 Å². The maximum atomic E-state index is 8.59. The van der Waals surface area contributed by atoms with Crippen LogP contribution >= 0.6 is 0 Å². The third kappa shape index (κ3) is 4.30. The first kappa shape index (κ1) is 16.4. The van der Waals surface area contributed by atoms with Crippen LogP contribution in [0.25, 0.3) is 11.4 Å². The van der Waals surface area contributed by atoms with Crippen molar-refractivity contribution >= 4 is 5.82 Å². The van der Waals surface area contributed by atoms with E-state index in [2.05, 4.69) is 20.9 Å². The zero-order valence-corrected chi connectivity index (χ0v) is 13.9. The Bertz CT molecular complexity index is 672. The molecule has 1 aromatic carbocycles. The summed E-state index contributed by atoms with van der Waals surface area (Å²) in [7, 11) is 0. The molecule has 0 unspecified atom stereocenters. The lowest BCUT2D eigenvalue weighted by molar-refractivity contribution is 0.253. The van der Waals surface area contributed by atoms with Crippen molar-refractivity contribution in [3.63, 3.8) is 0 Å². The quantitative estimate of drug-likeness (QED) is 0.766. The van der Waals surface area contributed by atoms with Gasteiger partial charge in [0.15, 0.2) is 5.82 Å². The fourth-order valence-electron chi connectivity index (χ4n) is 2.99. The van der Waals surface area contributed by atoms with E-state index in [-0.39, 0.29) is 0 Å². The third-order valence-corrected chi connectivity index (χ3v) is 4.38. The number of benzene rings is 1. The van der Waals surface area contributed by atoms with Gasteiger partial charge < -0.3 is 4.90 Å². The summed E-state index contributed by atoms with van der Waals surface area (Å²) in [5.74, 6) is 1.79. The molecule has 0 aliphatic carbocycles. The molecular weight excluding hydrogens is 298 g/mol. The first-order valence-electron chi connectivity index (χ1n) is 8.59. The van der Waals surface area contributed by atoms with Gasteiger partial charge in [-0.25, -0.2) is 9.97 Å².